The Morgan fingerprint density at radius 2 is 1.85 bits per heavy atom. The molecule has 1 N–H and O–H groups in total. The number of carbonyl (C=O) groups excluding carboxylic acids is 2. The number of phenols is 1. The Hall–Kier alpha value is -5.36. The van der Waals surface area contributed by atoms with Crippen LogP contribution in [0.1, 0.15) is 58.4 Å². The fourth-order valence-electron chi connectivity index (χ4n) is 8.71. The number of esters is 1. The van der Waals surface area contributed by atoms with Gasteiger partial charge in [0.05, 0.1) is 34.0 Å². The van der Waals surface area contributed by atoms with Crippen molar-refractivity contribution >= 4 is 39.6 Å². The van der Waals surface area contributed by atoms with Gasteiger partial charge in [0.15, 0.2) is 5.82 Å². The van der Waals surface area contributed by atoms with Crippen molar-refractivity contribution in [2.45, 2.75) is 76.7 Å². The molecule has 4 saturated heterocycles. The highest BCUT2D eigenvalue weighted by atomic mass is 19.1. The zero-order chi connectivity index (χ0) is 38.8. The maximum atomic E-state index is 17.0. The van der Waals surface area contributed by atoms with Crippen LogP contribution in [-0.4, -0.2) is 105 Å². The molecule has 15 heteroatoms. The summed E-state index contributed by atoms with van der Waals surface area (Å²) >= 11 is 0. The molecule has 55 heavy (non-hydrogen) atoms. The molecule has 0 radical (unpaired) electrons. The van der Waals surface area contributed by atoms with E-state index in [2.05, 4.69) is 20.8 Å². The van der Waals surface area contributed by atoms with Gasteiger partial charge in [-0.2, -0.15) is 9.97 Å². The van der Waals surface area contributed by atoms with E-state index in [0.29, 0.717) is 50.1 Å². The molecule has 4 aromatic rings. The highest BCUT2D eigenvalue weighted by molar-refractivity contribution is 6.03. The van der Waals surface area contributed by atoms with Gasteiger partial charge in [-0.15, -0.1) is 6.42 Å². The van der Waals surface area contributed by atoms with Crippen LogP contribution >= 0.6 is 0 Å². The first-order chi connectivity index (χ1) is 26.3. The molecule has 1 amide bonds. The molecule has 2 aromatic heterocycles. The van der Waals surface area contributed by atoms with Gasteiger partial charge in [0.2, 0.25) is 6.79 Å². The third-order valence-electron chi connectivity index (χ3n) is 11.3. The Labute approximate surface area is 315 Å². The van der Waals surface area contributed by atoms with Crippen LogP contribution in [0.2, 0.25) is 0 Å². The van der Waals surface area contributed by atoms with E-state index in [9.17, 15) is 23.5 Å². The number of nitrogens with zero attached hydrogens (tertiary/aromatic N) is 6. The van der Waals surface area contributed by atoms with E-state index in [1.807, 2.05) is 4.90 Å². The van der Waals surface area contributed by atoms with E-state index >= 15 is 4.39 Å². The summed E-state index contributed by atoms with van der Waals surface area (Å²) < 4.78 is 63.4. The van der Waals surface area contributed by atoms with Crippen LogP contribution in [-0.2, 0) is 14.3 Å². The Morgan fingerprint density at radius 1 is 1.09 bits per heavy atom. The summed E-state index contributed by atoms with van der Waals surface area (Å²) in [6.45, 7) is 6.40. The van der Waals surface area contributed by atoms with Gasteiger partial charge < -0.3 is 24.2 Å². The number of aromatic nitrogens is 3. The smallest absolute Gasteiger partial charge is 0.413 e. The van der Waals surface area contributed by atoms with E-state index in [1.165, 1.54) is 30.5 Å². The number of carbonyl (C=O) groups is 2. The summed E-state index contributed by atoms with van der Waals surface area (Å²) in [6.07, 6.45) is 8.83. The number of alkyl halides is 1. The zero-order valence-corrected chi connectivity index (χ0v) is 30.8. The number of hydrogen-bond donors (Lipinski definition) is 1. The van der Waals surface area contributed by atoms with Gasteiger partial charge >= 0.3 is 18.1 Å². The third kappa shape index (κ3) is 6.49. The quantitative estimate of drug-likeness (QED) is 0.133. The molecular formula is C40H41F3N6O6. The van der Waals surface area contributed by atoms with Crippen molar-refractivity contribution in [3.05, 3.63) is 47.7 Å². The van der Waals surface area contributed by atoms with Crippen molar-refractivity contribution in [2.75, 3.05) is 44.5 Å². The number of amides is 1. The summed E-state index contributed by atoms with van der Waals surface area (Å²) in [7, 11) is 0. The van der Waals surface area contributed by atoms with E-state index in [4.69, 9.17) is 25.6 Å². The van der Waals surface area contributed by atoms with Crippen LogP contribution in [0.15, 0.2) is 30.5 Å². The van der Waals surface area contributed by atoms with Crippen molar-refractivity contribution in [3.8, 4) is 35.4 Å². The van der Waals surface area contributed by atoms with E-state index in [-0.39, 0.29) is 63.6 Å². The van der Waals surface area contributed by atoms with Crippen LogP contribution < -0.4 is 9.64 Å². The number of anilines is 1. The van der Waals surface area contributed by atoms with E-state index in [0.717, 1.165) is 19.4 Å². The Balaban J connectivity index is 1.16. The zero-order valence-electron chi connectivity index (χ0n) is 30.8. The number of halogens is 3. The summed E-state index contributed by atoms with van der Waals surface area (Å²) in [6, 6.07) is 4.61. The molecule has 2 bridgehead atoms. The molecule has 0 spiro atoms. The minimum absolute atomic E-state index is 0.0725. The van der Waals surface area contributed by atoms with Gasteiger partial charge in [0.1, 0.15) is 41.4 Å². The van der Waals surface area contributed by atoms with Gasteiger partial charge in [-0.25, -0.2) is 18.0 Å². The molecule has 6 heterocycles. The van der Waals surface area contributed by atoms with E-state index < -0.39 is 47.6 Å². The fraction of sp³-hybridized carbons (Fsp3) is 0.475. The number of pyridine rings is 1. The number of hydrogen-bond acceptors (Lipinski definition) is 11. The molecule has 4 atom stereocenters. The number of aromatic hydroxyl groups is 1. The summed E-state index contributed by atoms with van der Waals surface area (Å²) in [5.74, 6) is 0.424. The number of phenolic OH excluding ortho intramolecular Hbond substituents is 1. The van der Waals surface area contributed by atoms with Crippen molar-refractivity contribution < 1.29 is 42.1 Å². The van der Waals surface area contributed by atoms with Crippen molar-refractivity contribution in [3.63, 3.8) is 0 Å². The number of fused-ring (bicyclic) bond motifs is 5. The molecule has 2 unspecified atom stereocenters. The third-order valence-corrected chi connectivity index (χ3v) is 11.3. The predicted octanol–water partition coefficient (Wildman–Crippen LogP) is 6.10. The van der Waals surface area contributed by atoms with Gasteiger partial charge in [-0.1, -0.05) is 12.0 Å². The lowest BCUT2D eigenvalue weighted by atomic mass is 9.95. The predicted molar refractivity (Wildman–Crippen MR) is 196 cm³/mol. The van der Waals surface area contributed by atoms with Crippen molar-refractivity contribution in [2.24, 2.45) is 5.41 Å². The summed E-state index contributed by atoms with van der Waals surface area (Å²) in [5.41, 5.74) is -1.67. The lowest BCUT2D eigenvalue weighted by Crippen LogP contribution is -2.56. The van der Waals surface area contributed by atoms with Crippen LogP contribution in [0.5, 0.6) is 11.8 Å². The first kappa shape index (κ1) is 36.6. The largest absolute Gasteiger partial charge is 0.508 e. The molecule has 12 nitrogen and oxygen atoms in total. The minimum Gasteiger partial charge on any atom is -0.508 e. The standard InChI is InChI=1S/C40H41F3N6O6/c1-5-27-30(42)10-7-22-13-26(50)14-28(31(22)27)33-32(43)34-29(16-44-33)35(46-37(45-34)53-20-40-11-6-12-48(40)17-23(41)15-40)47-18-24-8-9-25(19-47)49(24)38(52)55-21-54-36(51)39(2,3)4/h1,7,10,13-14,16,23-25,50H,6,8-9,11-12,15,17-21H2,2-4H3/t23-,24?,25?,40+/m1/s1. The summed E-state index contributed by atoms with van der Waals surface area (Å²) in [5, 5.41) is 11.5. The average Bonchev–Trinajstić information content (AvgIpc) is 3.76. The maximum Gasteiger partial charge on any atom is 0.413 e. The fourth-order valence-corrected chi connectivity index (χ4v) is 8.71. The number of rotatable bonds is 7. The second-order valence-corrected chi connectivity index (χ2v) is 15.9. The molecule has 2 aromatic carbocycles. The monoisotopic (exact) mass is 758 g/mol. The lowest BCUT2D eigenvalue weighted by molar-refractivity contribution is -0.162. The SMILES string of the molecule is C#Cc1c(F)ccc2cc(O)cc(-c3ncc4c(N5CC6CCC(C5)N6C(=O)OCOC(=O)C(C)(C)C)nc(OC[C@@]56CCCN5C[C@H](F)C6)nc4c3F)c12. The normalized spacial score (nSPS) is 23.6. The number of piperazine rings is 1. The topological polar surface area (TPSA) is 130 Å². The molecule has 0 saturated carbocycles. The first-order valence-corrected chi connectivity index (χ1v) is 18.4. The number of terminal acetylenes is 1. The maximum absolute atomic E-state index is 17.0. The molecular weight excluding hydrogens is 717 g/mol. The second kappa shape index (κ2) is 13.7. The average molecular weight is 759 g/mol. The van der Waals surface area contributed by atoms with Crippen LogP contribution in [0.4, 0.5) is 23.8 Å². The number of benzene rings is 2. The molecule has 8 rings (SSSR count). The first-order valence-electron chi connectivity index (χ1n) is 18.4. The molecule has 4 aliphatic heterocycles. The van der Waals surface area contributed by atoms with E-state index in [1.54, 1.807) is 25.7 Å². The number of ether oxygens (including phenoxy) is 3. The molecule has 0 aliphatic carbocycles. The Bertz CT molecular complexity index is 2250. The van der Waals surface area contributed by atoms with Crippen LogP contribution in [0, 0.1) is 29.4 Å². The minimum atomic E-state index is -0.984. The van der Waals surface area contributed by atoms with Crippen molar-refractivity contribution in [1.82, 2.24) is 24.8 Å². The lowest BCUT2D eigenvalue weighted by Gasteiger charge is -2.41. The van der Waals surface area contributed by atoms with Crippen LogP contribution in [0.3, 0.4) is 0 Å². The summed E-state index contributed by atoms with van der Waals surface area (Å²) in [4.78, 5) is 44.9. The highest BCUT2D eigenvalue weighted by Gasteiger charge is 2.50. The Morgan fingerprint density at radius 3 is 2.58 bits per heavy atom. The molecule has 4 fully saturated rings. The molecule has 4 aliphatic rings. The highest BCUT2D eigenvalue weighted by Crippen LogP contribution is 2.42. The van der Waals surface area contributed by atoms with Gasteiger partial charge in [0.25, 0.3) is 0 Å². The van der Waals surface area contributed by atoms with Gasteiger partial charge in [-0.05, 0) is 76.6 Å². The second-order valence-electron chi connectivity index (χ2n) is 15.9. The van der Waals surface area contributed by atoms with Gasteiger partial charge in [0, 0.05) is 43.2 Å². The van der Waals surface area contributed by atoms with Crippen molar-refractivity contribution in [1.29, 1.82) is 0 Å². The van der Waals surface area contributed by atoms with Crippen LogP contribution in [0.25, 0.3) is 32.9 Å². The Kier molecular flexibility index (Phi) is 9.14. The molecule has 288 valence electrons. The van der Waals surface area contributed by atoms with Gasteiger partial charge in [-0.3, -0.25) is 19.6 Å².